The highest BCUT2D eigenvalue weighted by Gasteiger charge is 2.19. The molecule has 136 valence electrons. The van der Waals surface area contributed by atoms with Crippen LogP contribution < -0.4 is 11.1 Å². The summed E-state index contributed by atoms with van der Waals surface area (Å²) in [7, 11) is 0. The number of hydrogen-bond acceptors (Lipinski definition) is 7. The van der Waals surface area contributed by atoms with E-state index in [-0.39, 0.29) is 29.6 Å². The lowest BCUT2D eigenvalue weighted by Gasteiger charge is -2.06. The van der Waals surface area contributed by atoms with Crippen molar-refractivity contribution in [1.82, 2.24) is 10.3 Å². The number of aryl methyl sites for hydroxylation is 1. The Morgan fingerprint density at radius 1 is 1.44 bits per heavy atom. The van der Waals surface area contributed by atoms with Crippen LogP contribution in [0.15, 0.2) is 32.8 Å². The van der Waals surface area contributed by atoms with Gasteiger partial charge in [-0.2, -0.15) is 0 Å². The molecule has 0 aliphatic rings. The number of rotatable bonds is 8. The van der Waals surface area contributed by atoms with Crippen molar-refractivity contribution in [2.24, 2.45) is 5.73 Å². The lowest BCUT2D eigenvalue weighted by molar-refractivity contribution is -0.387. The maximum atomic E-state index is 12.1. The fraction of sp³-hybridized carbons (Fsp3) is 0.333. The van der Waals surface area contributed by atoms with Gasteiger partial charge in [0.15, 0.2) is 4.34 Å². The van der Waals surface area contributed by atoms with Gasteiger partial charge in [0.05, 0.1) is 9.82 Å². The van der Waals surface area contributed by atoms with Crippen LogP contribution in [-0.2, 0) is 0 Å². The van der Waals surface area contributed by atoms with Gasteiger partial charge in [-0.25, -0.2) is 4.98 Å². The van der Waals surface area contributed by atoms with Gasteiger partial charge in [-0.15, -0.1) is 23.7 Å². The number of hydrogen-bond donors (Lipinski definition) is 2. The van der Waals surface area contributed by atoms with E-state index in [1.165, 1.54) is 29.2 Å². The minimum absolute atomic E-state index is 0. The normalized spacial score (nSPS) is 10.2. The topological polar surface area (TPSA) is 111 Å². The second-order valence-electron chi connectivity index (χ2n) is 5.05. The third kappa shape index (κ3) is 6.28. The molecule has 1 aromatic carbocycles. The Morgan fingerprint density at radius 2 is 2.20 bits per heavy atom. The fourth-order valence-electron chi connectivity index (χ4n) is 1.93. The second kappa shape index (κ2) is 10.3. The van der Waals surface area contributed by atoms with E-state index in [1.54, 1.807) is 12.1 Å². The minimum atomic E-state index is -0.478. The molecule has 25 heavy (non-hydrogen) atoms. The standard InChI is InChI=1S/C15H18N4O3S2.ClH/c1-10-9-23-15(18-10)24-13-5-4-11(8-12(13)19(21)22)14(20)17-7-3-2-6-16;/h4-5,8-9H,2-3,6-7,16H2,1H3,(H,17,20);1H. The SMILES string of the molecule is Cc1csc(Sc2ccc(C(=O)NCCCCN)cc2[N+](=O)[O-])n1.Cl. The smallest absolute Gasteiger partial charge is 0.284 e. The molecule has 0 radical (unpaired) electrons. The van der Waals surface area contributed by atoms with Gasteiger partial charge < -0.3 is 11.1 Å². The average molecular weight is 403 g/mol. The summed E-state index contributed by atoms with van der Waals surface area (Å²) >= 11 is 2.66. The van der Waals surface area contributed by atoms with Crippen LogP contribution in [0, 0.1) is 17.0 Å². The van der Waals surface area contributed by atoms with Gasteiger partial charge in [0.1, 0.15) is 0 Å². The summed E-state index contributed by atoms with van der Waals surface area (Å²) < 4.78 is 0.731. The Bertz CT molecular complexity index is 739. The summed E-state index contributed by atoms with van der Waals surface area (Å²) in [6.07, 6.45) is 1.60. The zero-order valence-corrected chi connectivity index (χ0v) is 16.0. The molecule has 0 saturated carbocycles. The molecule has 0 fully saturated rings. The molecule has 0 atom stereocenters. The molecule has 2 rings (SSSR count). The van der Waals surface area contributed by atoms with Gasteiger partial charge in [0.25, 0.3) is 11.6 Å². The van der Waals surface area contributed by atoms with E-state index < -0.39 is 4.92 Å². The van der Waals surface area contributed by atoms with Crippen molar-refractivity contribution < 1.29 is 9.72 Å². The molecule has 1 aromatic heterocycles. The molecule has 2 aromatic rings. The number of unbranched alkanes of at least 4 members (excludes halogenated alkanes) is 1. The summed E-state index contributed by atoms with van der Waals surface area (Å²) in [4.78, 5) is 27.7. The van der Waals surface area contributed by atoms with Gasteiger partial charge in [-0.3, -0.25) is 14.9 Å². The maximum Gasteiger partial charge on any atom is 0.284 e. The zero-order chi connectivity index (χ0) is 17.5. The van der Waals surface area contributed by atoms with E-state index in [0.717, 1.165) is 22.9 Å². The Labute approximate surface area is 160 Å². The van der Waals surface area contributed by atoms with E-state index in [1.807, 2.05) is 12.3 Å². The van der Waals surface area contributed by atoms with Gasteiger partial charge in [0.2, 0.25) is 0 Å². The molecule has 1 heterocycles. The molecule has 10 heteroatoms. The van der Waals surface area contributed by atoms with Crippen LogP contribution in [0.25, 0.3) is 0 Å². The second-order valence-corrected chi connectivity index (χ2v) is 7.20. The molecule has 3 N–H and O–H groups in total. The van der Waals surface area contributed by atoms with Crippen LogP contribution in [0.3, 0.4) is 0 Å². The van der Waals surface area contributed by atoms with Crippen LogP contribution in [0.2, 0.25) is 0 Å². The fourth-order valence-corrected chi connectivity index (χ4v) is 3.81. The Morgan fingerprint density at radius 3 is 2.80 bits per heavy atom. The number of nitrogens with two attached hydrogens (primary N) is 1. The number of nitrogens with one attached hydrogen (secondary N) is 1. The Hall–Kier alpha value is -1.68. The van der Waals surface area contributed by atoms with Crippen molar-refractivity contribution in [2.45, 2.75) is 29.0 Å². The molecule has 0 unspecified atom stereocenters. The summed E-state index contributed by atoms with van der Waals surface area (Å²) in [6.45, 7) is 2.94. The number of aromatic nitrogens is 1. The first-order valence-electron chi connectivity index (χ1n) is 7.38. The average Bonchev–Trinajstić information content (AvgIpc) is 2.96. The summed E-state index contributed by atoms with van der Waals surface area (Å²) in [5.74, 6) is -0.322. The third-order valence-corrected chi connectivity index (χ3v) is 5.25. The number of thiazole rings is 1. The lowest BCUT2D eigenvalue weighted by atomic mass is 10.2. The summed E-state index contributed by atoms with van der Waals surface area (Å²) in [5.41, 5.74) is 6.45. The van der Waals surface area contributed by atoms with Gasteiger partial charge in [0, 0.05) is 29.2 Å². The molecular formula is C15H19ClN4O3S2. The predicted molar refractivity (Wildman–Crippen MR) is 102 cm³/mol. The molecule has 1 amide bonds. The van der Waals surface area contributed by atoms with Gasteiger partial charge in [-0.05, 0) is 38.4 Å². The lowest BCUT2D eigenvalue weighted by Crippen LogP contribution is -2.24. The molecule has 0 saturated heterocycles. The Balaban J connectivity index is 0.00000312. The molecule has 0 bridgehead atoms. The number of halogens is 1. The van der Waals surface area contributed by atoms with Crippen molar-refractivity contribution in [1.29, 1.82) is 0 Å². The van der Waals surface area contributed by atoms with Crippen LogP contribution in [0.5, 0.6) is 0 Å². The maximum absolute atomic E-state index is 12.1. The van der Waals surface area contributed by atoms with Crippen molar-refractivity contribution in [3.8, 4) is 0 Å². The molecular weight excluding hydrogens is 384 g/mol. The number of nitrogens with zero attached hydrogens (tertiary/aromatic N) is 2. The van der Waals surface area contributed by atoms with E-state index in [0.29, 0.717) is 18.0 Å². The molecule has 7 nitrogen and oxygen atoms in total. The van der Waals surface area contributed by atoms with E-state index in [9.17, 15) is 14.9 Å². The van der Waals surface area contributed by atoms with E-state index in [4.69, 9.17) is 5.73 Å². The summed E-state index contributed by atoms with van der Waals surface area (Å²) in [5, 5.41) is 15.9. The van der Waals surface area contributed by atoms with Crippen LogP contribution in [0.1, 0.15) is 28.9 Å². The minimum Gasteiger partial charge on any atom is -0.352 e. The highest BCUT2D eigenvalue weighted by molar-refractivity contribution is 8.01. The number of benzene rings is 1. The first-order valence-corrected chi connectivity index (χ1v) is 9.07. The van der Waals surface area contributed by atoms with Crippen LogP contribution >= 0.6 is 35.5 Å². The zero-order valence-electron chi connectivity index (χ0n) is 13.6. The third-order valence-electron chi connectivity index (χ3n) is 3.13. The monoisotopic (exact) mass is 402 g/mol. The molecule has 0 aliphatic heterocycles. The van der Waals surface area contributed by atoms with Gasteiger partial charge >= 0.3 is 0 Å². The van der Waals surface area contributed by atoms with E-state index >= 15 is 0 Å². The number of carbonyl (C=O) groups is 1. The quantitative estimate of drug-likeness (QED) is 0.397. The van der Waals surface area contributed by atoms with Crippen molar-refractivity contribution in [3.05, 3.63) is 45.0 Å². The van der Waals surface area contributed by atoms with Crippen molar-refractivity contribution in [2.75, 3.05) is 13.1 Å². The summed E-state index contributed by atoms with van der Waals surface area (Å²) in [6, 6.07) is 4.49. The van der Waals surface area contributed by atoms with E-state index in [2.05, 4.69) is 10.3 Å². The molecule has 0 spiro atoms. The number of carbonyl (C=O) groups excluding carboxylic acids is 1. The van der Waals surface area contributed by atoms with Crippen LogP contribution in [0.4, 0.5) is 5.69 Å². The van der Waals surface area contributed by atoms with Gasteiger partial charge in [-0.1, -0.05) is 11.8 Å². The van der Waals surface area contributed by atoms with Crippen molar-refractivity contribution in [3.63, 3.8) is 0 Å². The first-order chi connectivity index (χ1) is 11.5. The number of amides is 1. The predicted octanol–water partition coefficient (Wildman–Crippen LogP) is 3.40. The van der Waals surface area contributed by atoms with Crippen LogP contribution in [-0.4, -0.2) is 28.9 Å². The molecule has 0 aliphatic carbocycles. The largest absolute Gasteiger partial charge is 0.352 e. The number of nitro benzene ring substituents is 1. The first kappa shape index (κ1) is 21.4. The number of nitro groups is 1. The Kier molecular flexibility index (Phi) is 8.84. The highest BCUT2D eigenvalue weighted by atomic mass is 35.5. The highest BCUT2D eigenvalue weighted by Crippen LogP contribution is 2.36. The van der Waals surface area contributed by atoms with Crippen molar-refractivity contribution >= 4 is 47.1 Å².